The fourth-order valence-corrected chi connectivity index (χ4v) is 2.57. The highest BCUT2D eigenvalue weighted by Gasteiger charge is 2.08. The molecule has 0 atom stereocenters. The lowest BCUT2D eigenvalue weighted by Gasteiger charge is -2.05. The van der Waals surface area contributed by atoms with Gasteiger partial charge in [-0.15, -0.1) is 0 Å². The Hall–Kier alpha value is -2.13. The van der Waals surface area contributed by atoms with E-state index in [1.807, 2.05) is 35.0 Å². The summed E-state index contributed by atoms with van der Waals surface area (Å²) < 4.78 is 14.7. The van der Waals surface area contributed by atoms with Crippen LogP contribution in [0.1, 0.15) is 5.56 Å². The molecule has 0 unspecified atom stereocenters. The number of benzene rings is 2. The minimum absolute atomic E-state index is 0.0778. The summed E-state index contributed by atoms with van der Waals surface area (Å²) in [5.41, 5.74) is 1.80. The zero-order valence-electron chi connectivity index (χ0n) is 11.2. The number of aromatic nitrogens is 1. The number of nitrogens with zero attached hydrogens (tertiary/aromatic N) is 1. The van der Waals surface area contributed by atoms with Crippen molar-refractivity contribution in [2.45, 2.75) is 13.0 Å². The Bertz CT molecular complexity index is 792. The molecule has 3 rings (SSSR count). The molecule has 1 heterocycles. The molecular formula is C17H13ClFNO. The molecular weight excluding hydrogens is 289 g/mol. The molecule has 0 aliphatic rings. The first-order chi connectivity index (χ1) is 10.1. The van der Waals surface area contributed by atoms with E-state index in [4.69, 9.17) is 11.6 Å². The molecule has 2 aromatic carbocycles. The minimum atomic E-state index is -0.292. The van der Waals surface area contributed by atoms with Crippen LogP contribution in [0.5, 0.6) is 0 Å². The van der Waals surface area contributed by atoms with E-state index in [-0.39, 0.29) is 11.6 Å². The molecule has 0 saturated carbocycles. The van der Waals surface area contributed by atoms with Gasteiger partial charge < -0.3 is 4.57 Å². The maximum absolute atomic E-state index is 12.8. The lowest BCUT2D eigenvalue weighted by Crippen LogP contribution is -2.11. The SMILES string of the molecule is O=C(Cc1ccc(F)cc1)Cn1ccc2cc(Cl)ccc21. The molecule has 0 saturated heterocycles. The average molecular weight is 302 g/mol. The van der Waals surface area contributed by atoms with Crippen LogP contribution in [0, 0.1) is 5.82 Å². The smallest absolute Gasteiger partial charge is 0.156 e. The minimum Gasteiger partial charge on any atom is -0.340 e. The highest BCUT2D eigenvalue weighted by molar-refractivity contribution is 6.31. The third kappa shape index (κ3) is 3.14. The zero-order chi connectivity index (χ0) is 14.8. The van der Waals surface area contributed by atoms with Gasteiger partial charge in [0.15, 0.2) is 5.78 Å². The molecule has 0 aliphatic carbocycles. The van der Waals surface area contributed by atoms with Crippen molar-refractivity contribution in [3.05, 3.63) is 71.1 Å². The van der Waals surface area contributed by atoms with Crippen LogP contribution in [0.2, 0.25) is 5.02 Å². The number of ketones is 1. The molecule has 4 heteroatoms. The number of hydrogen-bond acceptors (Lipinski definition) is 1. The normalized spacial score (nSPS) is 11.0. The van der Waals surface area contributed by atoms with Gasteiger partial charge in [0.1, 0.15) is 5.82 Å². The van der Waals surface area contributed by atoms with E-state index in [0.717, 1.165) is 16.5 Å². The Morgan fingerprint density at radius 2 is 1.86 bits per heavy atom. The molecule has 0 N–H and O–H groups in total. The van der Waals surface area contributed by atoms with Crippen molar-refractivity contribution in [2.75, 3.05) is 0 Å². The molecule has 2 nitrogen and oxygen atoms in total. The molecule has 0 bridgehead atoms. The van der Waals surface area contributed by atoms with Gasteiger partial charge in [-0.1, -0.05) is 23.7 Å². The van der Waals surface area contributed by atoms with E-state index >= 15 is 0 Å². The number of Topliss-reactive ketones (excluding diaryl/α,β-unsaturated/α-hetero) is 1. The van der Waals surface area contributed by atoms with Gasteiger partial charge in [-0.25, -0.2) is 4.39 Å². The molecule has 21 heavy (non-hydrogen) atoms. The first kappa shape index (κ1) is 13.8. The molecule has 0 fully saturated rings. The maximum atomic E-state index is 12.8. The van der Waals surface area contributed by atoms with Crippen molar-refractivity contribution in [1.29, 1.82) is 0 Å². The number of rotatable bonds is 4. The molecule has 0 radical (unpaired) electrons. The summed E-state index contributed by atoms with van der Waals surface area (Å²) in [5.74, 6) is -0.214. The number of hydrogen-bond donors (Lipinski definition) is 0. The topological polar surface area (TPSA) is 22.0 Å². The lowest BCUT2D eigenvalue weighted by molar-refractivity contribution is -0.118. The van der Waals surface area contributed by atoms with E-state index in [2.05, 4.69) is 0 Å². The summed E-state index contributed by atoms with van der Waals surface area (Å²) in [6, 6.07) is 13.5. The number of carbonyl (C=O) groups excluding carboxylic acids is 1. The van der Waals surface area contributed by atoms with Crippen molar-refractivity contribution in [3.8, 4) is 0 Å². The van der Waals surface area contributed by atoms with Crippen molar-refractivity contribution in [3.63, 3.8) is 0 Å². The third-order valence-electron chi connectivity index (χ3n) is 3.39. The van der Waals surface area contributed by atoms with Crippen molar-refractivity contribution >= 4 is 28.3 Å². The molecule has 0 spiro atoms. The van der Waals surface area contributed by atoms with Gasteiger partial charge in [-0.3, -0.25) is 4.79 Å². The van der Waals surface area contributed by atoms with Gasteiger partial charge in [-0.2, -0.15) is 0 Å². The van der Waals surface area contributed by atoms with Gasteiger partial charge in [0, 0.05) is 28.5 Å². The Labute approximate surface area is 126 Å². The lowest BCUT2D eigenvalue weighted by atomic mass is 10.1. The first-order valence-electron chi connectivity index (χ1n) is 6.62. The molecule has 3 aromatic rings. The van der Waals surface area contributed by atoms with Gasteiger partial charge in [-0.05, 0) is 42.0 Å². The van der Waals surface area contributed by atoms with Crippen LogP contribution in [-0.4, -0.2) is 10.4 Å². The number of fused-ring (bicyclic) bond motifs is 1. The standard InChI is InChI=1S/C17H13ClFNO/c18-14-3-6-17-13(10-14)7-8-20(17)11-16(21)9-12-1-4-15(19)5-2-12/h1-8,10H,9,11H2. The van der Waals surface area contributed by atoms with Crippen LogP contribution in [0.15, 0.2) is 54.7 Å². The van der Waals surface area contributed by atoms with Gasteiger partial charge in [0.25, 0.3) is 0 Å². The molecule has 1 aromatic heterocycles. The molecule has 0 aliphatic heterocycles. The van der Waals surface area contributed by atoms with Gasteiger partial charge in [0.2, 0.25) is 0 Å². The largest absolute Gasteiger partial charge is 0.340 e. The summed E-state index contributed by atoms with van der Waals surface area (Å²) in [4.78, 5) is 12.1. The fraction of sp³-hybridized carbons (Fsp3) is 0.118. The monoisotopic (exact) mass is 301 g/mol. The summed E-state index contributed by atoms with van der Waals surface area (Å²) in [7, 11) is 0. The summed E-state index contributed by atoms with van der Waals surface area (Å²) >= 11 is 5.95. The fourth-order valence-electron chi connectivity index (χ4n) is 2.38. The average Bonchev–Trinajstić information content (AvgIpc) is 2.83. The van der Waals surface area contributed by atoms with Crippen LogP contribution in [-0.2, 0) is 17.8 Å². The van der Waals surface area contributed by atoms with Crippen LogP contribution in [0.4, 0.5) is 4.39 Å². The van der Waals surface area contributed by atoms with E-state index in [9.17, 15) is 9.18 Å². The van der Waals surface area contributed by atoms with Crippen molar-refractivity contribution in [2.24, 2.45) is 0 Å². The van der Waals surface area contributed by atoms with Crippen LogP contribution < -0.4 is 0 Å². The highest BCUT2D eigenvalue weighted by atomic mass is 35.5. The van der Waals surface area contributed by atoms with Crippen LogP contribution >= 0.6 is 11.6 Å². The van der Waals surface area contributed by atoms with Crippen molar-refractivity contribution in [1.82, 2.24) is 4.57 Å². The Morgan fingerprint density at radius 3 is 2.62 bits per heavy atom. The Kier molecular flexibility index (Phi) is 3.76. The third-order valence-corrected chi connectivity index (χ3v) is 3.63. The second-order valence-corrected chi connectivity index (χ2v) is 5.43. The highest BCUT2D eigenvalue weighted by Crippen LogP contribution is 2.20. The second-order valence-electron chi connectivity index (χ2n) is 4.99. The summed E-state index contributed by atoms with van der Waals surface area (Å²) in [6.45, 7) is 0.294. The van der Waals surface area contributed by atoms with Gasteiger partial charge >= 0.3 is 0 Å². The second kappa shape index (κ2) is 5.70. The van der Waals surface area contributed by atoms with E-state index in [1.54, 1.807) is 12.1 Å². The van der Waals surface area contributed by atoms with E-state index < -0.39 is 0 Å². The van der Waals surface area contributed by atoms with Crippen LogP contribution in [0.3, 0.4) is 0 Å². The van der Waals surface area contributed by atoms with Gasteiger partial charge in [0.05, 0.1) is 6.54 Å². The summed E-state index contributed by atoms with van der Waals surface area (Å²) in [5, 5.41) is 1.69. The Balaban J connectivity index is 1.75. The quantitative estimate of drug-likeness (QED) is 0.706. The Morgan fingerprint density at radius 1 is 1.10 bits per heavy atom. The molecule has 0 amide bonds. The van der Waals surface area contributed by atoms with E-state index in [0.29, 0.717) is 18.0 Å². The van der Waals surface area contributed by atoms with Crippen LogP contribution in [0.25, 0.3) is 10.9 Å². The number of halogens is 2. The predicted octanol–water partition coefficient (Wildman–Crippen LogP) is 4.25. The van der Waals surface area contributed by atoms with Crippen molar-refractivity contribution < 1.29 is 9.18 Å². The van der Waals surface area contributed by atoms with E-state index in [1.165, 1.54) is 12.1 Å². The number of carbonyl (C=O) groups is 1. The maximum Gasteiger partial charge on any atom is 0.156 e. The summed E-state index contributed by atoms with van der Waals surface area (Å²) in [6.07, 6.45) is 2.18. The predicted molar refractivity (Wildman–Crippen MR) is 82.1 cm³/mol. The zero-order valence-corrected chi connectivity index (χ0v) is 12.0. The molecule has 106 valence electrons. The first-order valence-corrected chi connectivity index (χ1v) is 7.00.